The van der Waals surface area contributed by atoms with E-state index in [-0.39, 0.29) is 30.3 Å². The van der Waals surface area contributed by atoms with Crippen molar-refractivity contribution in [1.29, 1.82) is 0 Å². The molecule has 0 atom stereocenters. The van der Waals surface area contributed by atoms with Crippen LogP contribution in [-0.2, 0) is 11.3 Å². The van der Waals surface area contributed by atoms with Gasteiger partial charge in [-0.05, 0) is 39.8 Å². The first-order valence-electron chi connectivity index (χ1n) is 8.59. The first-order valence-corrected chi connectivity index (χ1v) is 8.59. The van der Waals surface area contributed by atoms with Crippen molar-refractivity contribution in [2.24, 2.45) is 4.99 Å². The van der Waals surface area contributed by atoms with Gasteiger partial charge in [-0.3, -0.25) is 4.79 Å². The van der Waals surface area contributed by atoms with Gasteiger partial charge in [-0.15, -0.1) is 0 Å². The van der Waals surface area contributed by atoms with Gasteiger partial charge in [0.15, 0.2) is 5.96 Å². The Morgan fingerprint density at radius 3 is 2.52 bits per heavy atom. The van der Waals surface area contributed by atoms with E-state index in [2.05, 4.69) is 25.7 Å². The Hall–Kier alpha value is -2.58. The maximum Gasteiger partial charge on any atom is 0.387 e. The predicted molar refractivity (Wildman–Crippen MR) is 100 cm³/mol. The van der Waals surface area contributed by atoms with Crippen molar-refractivity contribution in [3.63, 3.8) is 0 Å². The first kappa shape index (κ1) is 22.5. The third kappa shape index (κ3) is 9.07. The molecule has 0 aliphatic rings. The minimum Gasteiger partial charge on any atom is -0.497 e. The van der Waals surface area contributed by atoms with Gasteiger partial charge < -0.3 is 25.4 Å². The van der Waals surface area contributed by atoms with E-state index in [4.69, 9.17) is 4.74 Å². The van der Waals surface area contributed by atoms with Crippen LogP contribution in [0.3, 0.4) is 0 Å². The van der Waals surface area contributed by atoms with Crippen LogP contribution in [0.4, 0.5) is 8.78 Å². The average Bonchev–Trinajstić information content (AvgIpc) is 2.56. The molecule has 0 aromatic heterocycles. The van der Waals surface area contributed by atoms with Gasteiger partial charge in [0.25, 0.3) is 0 Å². The summed E-state index contributed by atoms with van der Waals surface area (Å²) in [6, 6.07) is 4.63. The van der Waals surface area contributed by atoms with Crippen molar-refractivity contribution >= 4 is 11.9 Å². The second kappa shape index (κ2) is 10.5. The molecule has 0 aliphatic carbocycles. The number of amides is 1. The zero-order valence-corrected chi connectivity index (χ0v) is 16.4. The summed E-state index contributed by atoms with van der Waals surface area (Å²) in [5, 5.41) is 8.74. The summed E-state index contributed by atoms with van der Waals surface area (Å²) in [6.07, 6.45) is 0. The minimum absolute atomic E-state index is 0.00516. The number of hydrogen-bond acceptors (Lipinski definition) is 4. The molecule has 0 saturated carbocycles. The fraction of sp³-hybridized carbons (Fsp3) is 0.556. The zero-order chi connectivity index (χ0) is 20.4. The van der Waals surface area contributed by atoms with Crippen LogP contribution >= 0.6 is 0 Å². The van der Waals surface area contributed by atoms with Crippen LogP contribution in [0.5, 0.6) is 11.5 Å². The fourth-order valence-corrected chi connectivity index (χ4v) is 2.13. The monoisotopic (exact) mass is 386 g/mol. The van der Waals surface area contributed by atoms with Gasteiger partial charge >= 0.3 is 6.61 Å². The molecule has 0 fully saturated rings. The molecule has 0 unspecified atom stereocenters. The molecular weight excluding hydrogens is 358 g/mol. The number of carbonyl (C=O) groups is 1. The fourth-order valence-electron chi connectivity index (χ4n) is 2.13. The van der Waals surface area contributed by atoms with E-state index in [9.17, 15) is 13.6 Å². The lowest BCUT2D eigenvalue weighted by molar-refractivity contribution is -0.121. The third-order valence-corrected chi connectivity index (χ3v) is 3.17. The van der Waals surface area contributed by atoms with E-state index in [1.165, 1.54) is 13.2 Å². The van der Waals surface area contributed by atoms with Crippen molar-refractivity contribution in [3.8, 4) is 11.5 Å². The third-order valence-electron chi connectivity index (χ3n) is 3.17. The molecule has 1 rings (SSSR count). The van der Waals surface area contributed by atoms with Crippen molar-refractivity contribution in [3.05, 3.63) is 23.8 Å². The van der Waals surface area contributed by atoms with E-state index in [0.29, 0.717) is 23.8 Å². The summed E-state index contributed by atoms with van der Waals surface area (Å²) < 4.78 is 34.8. The van der Waals surface area contributed by atoms with Gasteiger partial charge in [0.1, 0.15) is 11.5 Å². The summed E-state index contributed by atoms with van der Waals surface area (Å²) in [7, 11) is 1.44. The van der Waals surface area contributed by atoms with Crippen molar-refractivity contribution in [2.75, 3.05) is 20.2 Å². The van der Waals surface area contributed by atoms with Crippen LogP contribution < -0.4 is 25.4 Å². The second-order valence-electron chi connectivity index (χ2n) is 6.70. The number of halogens is 2. The SMILES string of the molecule is CCNC(=NCc1ccc(OC)cc1OC(F)F)NCC(=O)NC(C)(C)C. The highest BCUT2D eigenvalue weighted by Crippen LogP contribution is 2.27. The number of aliphatic imine (C=N–C) groups is 1. The van der Waals surface area contributed by atoms with Gasteiger partial charge in [0, 0.05) is 23.7 Å². The molecule has 152 valence electrons. The number of nitrogens with one attached hydrogen (secondary N) is 3. The Morgan fingerprint density at radius 1 is 1.26 bits per heavy atom. The van der Waals surface area contributed by atoms with Gasteiger partial charge in [0.2, 0.25) is 5.91 Å². The van der Waals surface area contributed by atoms with Gasteiger partial charge in [-0.25, -0.2) is 4.99 Å². The van der Waals surface area contributed by atoms with E-state index in [1.54, 1.807) is 12.1 Å². The summed E-state index contributed by atoms with van der Waals surface area (Å²) >= 11 is 0. The lowest BCUT2D eigenvalue weighted by Gasteiger charge is -2.21. The van der Waals surface area contributed by atoms with Gasteiger partial charge in [0.05, 0.1) is 20.2 Å². The molecule has 0 saturated heterocycles. The molecule has 0 aliphatic heterocycles. The Kier molecular flexibility index (Phi) is 8.77. The lowest BCUT2D eigenvalue weighted by atomic mass is 10.1. The topological polar surface area (TPSA) is 84.0 Å². The van der Waals surface area contributed by atoms with Crippen LogP contribution in [0.15, 0.2) is 23.2 Å². The zero-order valence-electron chi connectivity index (χ0n) is 16.4. The number of guanidine groups is 1. The molecule has 1 aromatic rings. The highest BCUT2D eigenvalue weighted by molar-refractivity contribution is 5.86. The number of carbonyl (C=O) groups excluding carboxylic acids is 1. The number of hydrogen-bond donors (Lipinski definition) is 3. The molecular formula is C18H28F2N4O3. The van der Waals surface area contributed by atoms with Crippen molar-refractivity contribution < 1.29 is 23.0 Å². The quantitative estimate of drug-likeness (QED) is 0.472. The summed E-state index contributed by atoms with van der Waals surface area (Å²) in [5.41, 5.74) is 0.131. The molecule has 3 N–H and O–H groups in total. The van der Waals surface area contributed by atoms with E-state index >= 15 is 0 Å². The molecule has 7 nitrogen and oxygen atoms in total. The number of benzene rings is 1. The molecule has 27 heavy (non-hydrogen) atoms. The summed E-state index contributed by atoms with van der Waals surface area (Å²) in [4.78, 5) is 16.2. The molecule has 9 heteroatoms. The minimum atomic E-state index is -2.95. The van der Waals surface area contributed by atoms with Crippen LogP contribution in [0, 0.1) is 0 Å². The Morgan fingerprint density at radius 2 is 1.96 bits per heavy atom. The molecule has 0 bridgehead atoms. The first-order chi connectivity index (χ1) is 12.6. The highest BCUT2D eigenvalue weighted by Gasteiger charge is 2.14. The molecule has 0 heterocycles. The van der Waals surface area contributed by atoms with Crippen LogP contribution in [0.1, 0.15) is 33.3 Å². The Balaban J connectivity index is 2.83. The Labute approximate surface area is 158 Å². The largest absolute Gasteiger partial charge is 0.497 e. The van der Waals surface area contributed by atoms with Gasteiger partial charge in [-0.2, -0.15) is 8.78 Å². The van der Waals surface area contributed by atoms with E-state index < -0.39 is 6.61 Å². The summed E-state index contributed by atoms with van der Waals surface area (Å²) in [5.74, 6) is 0.608. The van der Waals surface area contributed by atoms with Crippen molar-refractivity contribution in [1.82, 2.24) is 16.0 Å². The molecule has 0 spiro atoms. The smallest absolute Gasteiger partial charge is 0.387 e. The standard InChI is InChI=1S/C18H28F2N4O3/c1-6-21-17(23-11-15(25)24-18(2,3)4)22-10-12-7-8-13(26-5)9-14(12)27-16(19)20/h7-9,16H,6,10-11H2,1-5H3,(H,24,25)(H2,21,22,23). The van der Waals surface area contributed by atoms with Crippen LogP contribution in [0.2, 0.25) is 0 Å². The van der Waals surface area contributed by atoms with E-state index in [1.807, 2.05) is 27.7 Å². The van der Waals surface area contributed by atoms with Crippen molar-refractivity contribution in [2.45, 2.75) is 46.4 Å². The maximum atomic E-state index is 12.6. The molecule has 0 radical (unpaired) electrons. The number of rotatable bonds is 8. The molecule has 1 amide bonds. The second-order valence-corrected chi connectivity index (χ2v) is 6.70. The Bertz CT molecular complexity index is 646. The van der Waals surface area contributed by atoms with Crippen LogP contribution in [0.25, 0.3) is 0 Å². The van der Waals surface area contributed by atoms with Gasteiger partial charge in [-0.1, -0.05) is 0 Å². The number of ether oxygens (including phenoxy) is 2. The predicted octanol–water partition coefficient (Wildman–Crippen LogP) is 2.27. The number of methoxy groups -OCH3 is 1. The maximum absolute atomic E-state index is 12.6. The highest BCUT2D eigenvalue weighted by atomic mass is 19.3. The molecule has 1 aromatic carbocycles. The average molecular weight is 386 g/mol. The lowest BCUT2D eigenvalue weighted by Crippen LogP contribution is -2.48. The van der Waals surface area contributed by atoms with Crippen LogP contribution in [-0.4, -0.2) is 44.2 Å². The normalized spacial score (nSPS) is 11.9. The number of nitrogens with zero attached hydrogens (tertiary/aromatic N) is 1. The summed E-state index contributed by atoms with van der Waals surface area (Å²) in [6.45, 7) is 5.29. The number of alkyl halides is 2. The van der Waals surface area contributed by atoms with E-state index in [0.717, 1.165) is 0 Å².